The molecule has 3 N–H and O–H groups in total. The minimum absolute atomic E-state index is 0.172. The molecule has 0 aliphatic carbocycles. The summed E-state index contributed by atoms with van der Waals surface area (Å²) >= 11 is 0. The van der Waals surface area contributed by atoms with Gasteiger partial charge in [0, 0.05) is 6.07 Å². The Morgan fingerprint density at radius 3 is 2.56 bits per heavy atom. The van der Waals surface area contributed by atoms with Crippen LogP contribution in [0.3, 0.4) is 0 Å². The molecule has 1 atom stereocenters. The second-order valence-corrected chi connectivity index (χ2v) is 3.19. The zero-order chi connectivity index (χ0) is 12.3. The van der Waals surface area contributed by atoms with Crippen LogP contribution in [0.2, 0.25) is 0 Å². The van der Waals surface area contributed by atoms with Crippen molar-refractivity contribution >= 4 is 11.9 Å². The van der Waals surface area contributed by atoms with Gasteiger partial charge in [-0.1, -0.05) is 0 Å². The molecule has 1 aromatic carbocycles. The van der Waals surface area contributed by atoms with Gasteiger partial charge in [0.15, 0.2) is 0 Å². The Bertz CT molecular complexity index is 433. The first-order chi connectivity index (χ1) is 7.41. The number of carbonyl (C=O) groups is 2. The largest absolute Gasteiger partial charge is 0.507 e. The lowest BCUT2D eigenvalue weighted by molar-refractivity contribution is -0.138. The highest BCUT2D eigenvalue weighted by Crippen LogP contribution is 2.17. The minimum Gasteiger partial charge on any atom is -0.507 e. The summed E-state index contributed by atoms with van der Waals surface area (Å²) in [5.41, 5.74) is -0.172. The number of rotatable bonds is 3. The SMILES string of the molecule is C[C@@H](NC(=O)c1ccc(F)cc1O)C(=O)O. The molecule has 5 nitrogen and oxygen atoms in total. The van der Waals surface area contributed by atoms with Crippen LogP contribution in [0.5, 0.6) is 5.75 Å². The zero-order valence-corrected chi connectivity index (χ0v) is 8.40. The summed E-state index contributed by atoms with van der Waals surface area (Å²) in [6.07, 6.45) is 0. The number of halogens is 1. The highest BCUT2D eigenvalue weighted by molar-refractivity contribution is 5.98. The highest BCUT2D eigenvalue weighted by atomic mass is 19.1. The molecule has 0 spiro atoms. The Morgan fingerprint density at radius 2 is 2.06 bits per heavy atom. The van der Waals surface area contributed by atoms with E-state index < -0.39 is 29.5 Å². The van der Waals surface area contributed by atoms with Gasteiger partial charge in [-0.25, -0.2) is 4.39 Å². The minimum atomic E-state index is -1.20. The lowest BCUT2D eigenvalue weighted by atomic mass is 10.1. The van der Waals surface area contributed by atoms with Gasteiger partial charge in [0.1, 0.15) is 17.6 Å². The lowest BCUT2D eigenvalue weighted by Gasteiger charge is -2.10. The second-order valence-electron chi connectivity index (χ2n) is 3.19. The van der Waals surface area contributed by atoms with Crippen LogP contribution in [0.1, 0.15) is 17.3 Å². The summed E-state index contributed by atoms with van der Waals surface area (Å²) in [5.74, 6) is -3.18. The Morgan fingerprint density at radius 1 is 1.44 bits per heavy atom. The third kappa shape index (κ3) is 2.69. The van der Waals surface area contributed by atoms with Gasteiger partial charge in [-0.05, 0) is 19.1 Å². The first-order valence-corrected chi connectivity index (χ1v) is 4.44. The van der Waals surface area contributed by atoms with E-state index in [9.17, 15) is 19.1 Å². The monoisotopic (exact) mass is 227 g/mol. The molecule has 0 radical (unpaired) electrons. The van der Waals surface area contributed by atoms with Crippen molar-refractivity contribution in [1.82, 2.24) is 5.32 Å². The number of aromatic hydroxyl groups is 1. The Labute approximate surface area is 90.5 Å². The van der Waals surface area contributed by atoms with Gasteiger partial charge in [0.05, 0.1) is 5.56 Å². The van der Waals surface area contributed by atoms with Crippen molar-refractivity contribution in [3.05, 3.63) is 29.6 Å². The Hall–Kier alpha value is -2.11. The van der Waals surface area contributed by atoms with Crippen molar-refractivity contribution in [3.8, 4) is 5.75 Å². The van der Waals surface area contributed by atoms with Gasteiger partial charge in [0.25, 0.3) is 5.91 Å². The number of nitrogens with one attached hydrogen (secondary N) is 1. The summed E-state index contributed by atoms with van der Waals surface area (Å²) in [6, 6.07) is 1.77. The molecule has 0 unspecified atom stereocenters. The van der Waals surface area contributed by atoms with Gasteiger partial charge < -0.3 is 15.5 Å². The molecule has 0 heterocycles. The smallest absolute Gasteiger partial charge is 0.325 e. The number of benzene rings is 1. The average molecular weight is 227 g/mol. The van der Waals surface area contributed by atoms with E-state index in [1.165, 1.54) is 6.92 Å². The number of carboxylic acids is 1. The summed E-state index contributed by atoms with van der Waals surface area (Å²) in [5, 5.41) is 20.0. The fourth-order valence-electron chi connectivity index (χ4n) is 1.03. The van der Waals surface area contributed by atoms with Crippen molar-refractivity contribution in [2.75, 3.05) is 0 Å². The van der Waals surface area contributed by atoms with Crippen LogP contribution in [0.15, 0.2) is 18.2 Å². The molecular weight excluding hydrogens is 217 g/mol. The maximum Gasteiger partial charge on any atom is 0.325 e. The summed E-state index contributed by atoms with van der Waals surface area (Å²) < 4.78 is 12.6. The molecule has 0 aromatic heterocycles. The molecule has 0 saturated heterocycles. The van der Waals surface area contributed by atoms with E-state index in [-0.39, 0.29) is 5.56 Å². The number of hydrogen-bond acceptors (Lipinski definition) is 3. The first-order valence-electron chi connectivity index (χ1n) is 4.44. The zero-order valence-electron chi connectivity index (χ0n) is 8.40. The van der Waals surface area contributed by atoms with Crippen LogP contribution in [0.25, 0.3) is 0 Å². The summed E-state index contributed by atoms with van der Waals surface area (Å²) in [4.78, 5) is 21.9. The molecule has 0 aliphatic rings. The normalized spacial score (nSPS) is 11.9. The van der Waals surface area contributed by atoms with Crippen LogP contribution in [-0.2, 0) is 4.79 Å². The van der Waals surface area contributed by atoms with E-state index in [1.54, 1.807) is 0 Å². The van der Waals surface area contributed by atoms with Crippen molar-refractivity contribution < 1.29 is 24.2 Å². The van der Waals surface area contributed by atoms with E-state index in [0.717, 1.165) is 18.2 Å². The van der Waals surface area contributed by atoms with Gasteiger partial charge in [-0.3, -0.25) is 9.59 Å². The number of carboxylic acid groups (broad SMARTS) is 1. The van der Waals surface area contributed by atoms with E-state index in [1.807, 2.05) is 0 Å². The average Bonchev–Trinajstić information content (AvgIpc) is 2.16. The second kappa shape index (κ2) is 4.61. The van der Waals surface area contributed by atoms with Gasteiger partial charge in [0.2, 0.25) is 0 Å². The summed E-state index contributed by atoms with van der Waals surface area (Å²) in [6.45, 7) is 1.28. The predicted octanol–water partition coefficient (Wildman–Crippen LogP) is 0.734. The molecule has 0 saturated carbocycles. The predicted molar refractivity (Wildman–Crippen MR) is 52.6 cm³/mol. The quantitative estimate of drug-likeness (QED) is 0.710. The molecular formula is C10H10FNO4. The highest BCUT2D eigenvalue weighted by Gasteiger charge is 2.17. The van der Waals surface area contributed by atoms with E-state index in [4.69, 9.17) is 5.11 Å². The van der Waals surface area contributed by atoms with Crippen molar-refractivity contribution in [1.29, 1.82) is 0 Å². The van der Waals surface area contributed by atoms with Crippen molar-refractivity contribution in [2.24, 2.45) is 0 Å². The molecule has 1 amide bonds. The Kier molecular flexibility index (Phi) is 3.44. The molecule has 1 aromatic rings. The van der Waals surface area contributed by atoms with Crippen LogP contribution in [0.4, 0.5) is 4.39 Å². The molecule has 0 bridgehead atoms. The fraction of sp³-hybridized carbons (Fsp3) is 0.200. The maximum atomic E-state index is 12.6. The number of carbonyl (C=O) groups excluding carboxylic acids is 1. The van der Waals surface area contributed by atoms with E-state index in [2.05, 4.69) is 5.32 Å². The molecule has 6 heteroatoms. The van der Waals surface area contributed by atoms with Crippen LogP contribution in [0, 0.1) is 5.82 Å². The fourth-order valence-corrected chi connectivity index (χ4v) is 1.03. The first kappa shape index (κ1) is 12.0. The van der Waals surface area contributed by atoms with Crippen molar-refractivity contribution in [2.45, 2.75) is 13.0 Å². The molecule has 0 fully saturated rings. The summed E-state index contributed by atoms with van der Waals surface area (Å²) in [7, 11) is 0. The van der Waals surface area contributed by atoms with Gasteiger partial charge in [-0.15, -0.1) is 0 Å². The van der Waals surface area contributed by atoms with Gasteiger partial charge >= 0.3 is 5.97 Å². The standard InChI is InChI=1S/C10H10FNO4/c1-5(10(15)16)12-9(14)7-3-2-6(11)4-8(7)13/h2-5,13H,1H3,(H,12,14)(H,15,16)/t5-/m1/s1. The number of phenols is 1. The molecule has 86 valence electrons. The lowest BCUT2D eigenvalue weighted by Crippen LogP contribution is -2.38. The third-order valence-corrected chi connectivity index (χ3v) is 1.92. The Balaban J connectivity index is 2.85. The van der Waals surface area contributed by atoms with E-state index in [0.29, 0.717) is 0 Å². The molecule has 16 heavy (non-hydrogen) atoms. The topological polar surface area (TPSA) is 86.6 Å². The van der Waals surface area contributed by atoms with Crippen LogP contribution in [-0.4, -0.2) is 28.1 Å². The molecule has 0 aliphatic heterocycles. The van der Waals surface area contributed by atoms with Crippen molar-refractivity contribution in [3.63, 3.8) is 0 Å². The third-order valence-electron chi connectivity index (χ3n) is 1.92. The number of aliphatic carboxylic acids is 1. The number of phenolic OH excluding ortho intramolecular Hbond substituents is 1. The van der Waals surface area contributed by atoms with Crippen LogP contribution >= 0.6 is 0 Å². The molecule has 1 rings (SSSR count). The maximum absolute atomic E-state index is 12.6. The van der Waals surface area contributed by atoms with E-state index >= 15 is 0 Å². The number of amides is 1. The van der Waals surface area contributed by atoms with Gasteiger partial charge in [-0.2, -0.15) is 0 Å². The van der Waals surface area contributed by atoms with Crippen LogP contribution < -0.4 is 5.32 Å². The number of hydrogen-bond donors (Lipinski definition) is 3.